The van der Waals surface area contributed by atoms with Crippen LogP contribution in [0.2, 0.25) is 0 Å². The minimum Gasteiger partial charge on any atom is -0.464 e. The molecule has 0 fully saturated rings. The van der Waals surface area contributed by atoms with E-state index in [2.05, 4.69) is 10.4 Å². The van der Waals surface area contributed by atoms with Crippen LogP contribution >= 0.6 is 0 Å². The zero-order chi connectivity index (χ0) is 21.0. The Morgan fingerprint density at radius 2 is 1.90 bits per heavy atom. The quantitative estimate of drug-likeness (QED) is 0.476. The van der Waals surface area contributed by atoms with Gasteiger partial charge in [0.15, 0.2) is 18.2 Å². The van der Waals surface area contributed by atoms with Gasteiger partial charge in [-0.05, 0) is 30.7 Å². The number of aromatic nitrogens is 2. The van der Waals surface area contributed by atoms with Crippen molar-refractivity contribution in [1.82, 2.24) is 9.78 Å². The van der Waals surface area contributed by atoms with Gasteiger partial charge in [0.05, 0.1) is 9.85 Å². The monoisotopic (exact) mass is 397 g/mol. The van der Waals surface area contributed by atoms with E-state index in [9.17, 15) is 25.0 Å². The van der Waals surface area contributed by atoms with E-state index in [-0.39, 0.29) is 29.5 Å². The Balaban J connectivity index is 1.66. The molecule has 0 bridgehead atoms. The molecule has 1 N–H and O–H groups in total. The average molecular weight is 397 g/mol. The third kappa shape index (κ3) is 4.53. The highest BCUT2D eigenvalue weighted by atomic mass is 16.6. The first-order chi connectivity index (χ1) is 13.8. The molecule has 0 saturated heterocycles. The summed E-state index contributed by atoms with van der Waals surface area (Å²) < 4.78 is 6.73. The van der Waals surface area contributed by atoms with Crippen LogP contribution in [0.3, 0.4) is 0 Å². The summed E-state index contributed by atoms with van der Waals surface area (Å²) in [4.78, 5) is 33.1. The second-order valence-electron chi connectivity index (χ2n) is 5.95. The molecular formula is C18H15N5O6. The molecule has 148 valence electrons. The van der Waals surface area contributed by atoms with Gasteiger partial charge in [0, 0.05) is 30.1 Å². The first-order valence-electron chi connectivity index (χ1n) is 8.31. The third-order valence-electron chi connectivity index (χ3n) is 3.96. The summed E-state index contributed by atoms with van der Waals surface area (Å²) in [5.74, 6) is -0.424. The summed E-state index contributed by atoms with van der Waals surface area (Å²) in [5.41, 5.74) is 0.801. The van der Waals surface area contributed by atoms with Crippen LogP contribution in [0.25, 0.3) is 0 Å². The number of nitrogens with zero attached hydrogens (tertiary/aromatic N) is 4. The summed E-state index contributed by atoms with van der Waals surface area (Å²) in [5, 5.41) is 28.5. The molecule has 11 nitrogen and oxygen atoms in total. The maximum atomic E-state index is 12.4. The molecule has 1 heterocycles. The van der Waals surface area contributed by atoms with Crippen LogP contribution in [-0.2, 0) is 6.73 Å². The zero-order valence-electron chi connectivity index (χ0n) is 15.1. The number of aryl methyl sites for hydroxylation is 1. The summed E-state index contributed by atoms with van der Waals surface area (Å²) in [6.45, 7) is 1.51. The molecule has 29 heavy (non-hydrogen) atoms. The van der Waals surface area contributed by atoms with Gasteiger partial charge in [0.25, 0.3) is 11.6 Å². The number of hydrogen-bond acceptors (Lipinski definition) is 7. The van der Waals surface area contributed by atoms with Crippen LogP contribution in [0.1, 0.15) is 16.1 Å². The molecule has 0 unspecified atom stereocenters. The first-order valence-corrected chi connectivity index (χ1v) is 8.31. The minimum atomic E-state index is -0.552. The number of nitro groups is 2. The highest BCUT2D eigenvalue weighted by Crippen LogP contribution is 2.26. The molecule has 11 heteroatoms. The number of benzene rings is 2. The van der Waals surface area contributed by atoms with Gasteiger partial charge in [0.2, 0.25) is 0 Å². The lowest BCUT2D eigenvalue weighted by molar-refractivity contribution is -0.386. The maximum absolute atomic E-state index is 12.4. The molecule has 0 atom stereocenters. The minimum absolute atomic E-state index is 0.0723. The normalized spacial score (nSPS) is 10.4. The molecule has 0 spiro atoms. The molecule has 0 aliphatic carbocycles. The average Bonchev–Trinajstić information content (AvgIpc) is 3.17. The van der Waals surface area contributed by atoms with Crippen molar-refractivity contribution >= 4 is 23.0 Å². The number of ether oxygens (including phenoxy) is 1. The molecule has 0 aliphatic heterocycles. The first kappa shape index (κ1) is 19.5. The van der Waals surface area contributed by atoms with Crippen LogP contribution in [0.4, 0.5) is 17.1 Å². The Morgan fingerprint density at radius 1 is 1.14 bits per heavy atom. The molecule has 0 aliphatic rings. The number of nitrogens with one attached hydrogen (secondary N) is 1. The van der Waals surface area contributed by atoms with Crippen LogP contribution in [0.5, 0.6) is 5.75 Å². The number of hydrogen-bond donors (Lipinski definition) is 1. The van der Waals surface area contributed by atoms with Crippen molar-refractivity contribution in [3.05, 3.63) is 86.2 Å². The fourth-order valence-electron chi connectivity index (χ4n) is 2.51. The topological polar surface area (TPSA) is 142 Å². The number of rotatable bonds is 7. The van der Waals surface area contributed by atoms with Crippen LogP contribution in [0, 0.1) is 27.2 Å². The van der Waals surface area contributed by atoms with E-state index in [0.29, 0.717) is 11.3 Å². The second kappa shape index (κ2) is 8.17. The number of carbonyl (C=O) groups excluding carboxylic acids is 1. The van der Waals surface area contributed by atoms with E-state index in [0.717, 1.165) is 0 Å². The van der Waals surface area contributed by atoms with Gasteiger partial charge in [-0.15, -0.1) is 0 Å². The van der Waals surface area contributed by atoms with Crippen molar-refractivity contribution in [2.24, 2.45) is 0 Å². The lowest BCUT2D eigenvalue weighted by Gasteiger charge is -2.07. The SMILES string of the molecule is Cc1cc([N+](=O)[O-])ccc1NC(=O)c1ccn(COc2ccccc2[N+](=O)[O-])n1. The summed E-state index contributed by atoms with van der Waals surface area (Å²) in [6, 6.07) is 11.5. The molecular weight excluding hydrogens is 382 g/mol. The van der Waals surface area contributed by atoms with Gasteiger partial charge in [-0.3, -0.25) is 25.0 Å². The lowest BCUT2D eigenvalue weighted by atomic mass is 10.1. The van der Waals surface area contributed by atoms with Gasteiger partial charge >= 0.3 is 5.69 Å². The molecule has 0 radical (unpaired) electrons. The summed E-state index contributed by atoms with van der Waals surface area (Å²) in [7, 11) is 0. The van der Waals surface area contributed by atoms with Crippen molar-refractivity contribution in [3.63, 3.8) is 0 Å². The zero-order valence-corrected chi connectivity index (χ0v) is 15.1. The standard InChI is InChI=1S/C18H15N5O6/c1-12-10-13(22(25)26)6-7-14(12)19-18(24)15-8-9-21(20-15)11-29-17-5-3-2-4-16(17)23(27)28/h2-10H,11H2,1H3,(H,19,24). The lowest BCUT2D eigenvalue weighted by Crippen LogP contribution is -2.15. The van der Waals surface area contributed by atoms with Crippen LogP contribution in [0.15, 0.2) is 54.7 Å². The number of amides is 1. The van der Waals surface area contributed by atoms with Gasteiger partial charge in [-0.2, -0.15) is 5.10 Å². The predicted octanol–water partition coefficient (Wildman–Crippen LogP) is 3.30. The van der Waals surface area contributed by atoms with Crippen molar-refractivity contribution in [1.29, 1.82) is 0 Å². The van der Waals surface area contributed by atoms with E-state index in [4.69, 9.17) is 4.74 Å². The van der Waals surface area contributed by atoms with E-state index in [1.165, 1.54) is 53.3 Å². The van der Waals surface area contributed by atoms with Gasteiger partial charge < -0.3 is 10.1 Å². The van der Waals surface area contributed by atoms with Gasteiger partial charge in [0.1, 0.15) is 0 Å². The Kier molecular flexibility index (Phi) is 5.49. The number of non-ortho nitro benzene ring substituents is 1. The molecule has 2 aromatic carbocycles. The number of nitro benzene ring substituents is 2. The highest BCUT2D eigenvalue weighted by Gasteiger charge is 2.16. The third-order valence-corrected chi connectivity index (χ3v) is 3.96. The molecule has 1 aromatic heterocycles. The maximum Gasteiger partial charge on any atom is 0.311 e. The van der Waals surface area contributed by atoms with Gasteiger partial charge in [-0.1, -0.05) is 12.1 Å². The second-order valence-corrected chi connectivity index (χ2v) is 5.95. The van der Waals surface area contributed by atoms with E-state index >= 15 is 0 Å². The van der Waals surface area contributed by atoms with E-state index < -0.39 is 15.8 Å². The van der Waals surface area contributed by atoms with E-state index in [1.807, 2.05) is 0 Å². The number of para-hydroxylation sites is 2. The molecule has 3 aromatic rings. The van der Waals surface area contributed by atoms with E-state index in [1.54, 1.807) is 13.0 Å². The van der Waals surface area contributed by atoms with Crippen molar-refractivity contribution in [2.75, 3.05) is 5.32 Å². The van der Waals surface area contributed by atoms with Crippen molar-refractivity contribution in [3.8, 4) is 5.75 Å². The fraction of sp³-hybridized carbons (Fsp3) is 0.111. The molecule has 1 amide bonds. The Bertz CT molecular complexity index is 1090. The van der Waals surface area contributed by atoms with Crippen LogP contribution < -0.4 is 10.1 Å². The molecule has 3 rings (SSSR count). The molecule has 0 saturated carbocycles. The van der Waals surface area contributed by atoms with Gasteiger partial charge in [-0.25, -0.2) is 4.68 Å². The number of anilines is 1. The number of carbonyl (C=O) groups is 1. The highest BCUT2D eigenvalue weighted by molar-refractivity contribution is 6.03. The Labute approximate surface area is 163 Å². The Morgan fingerprint density at radius 3 is 2.59 bits per heavy atom. The Hall–Kier alpha value is -4.28. The summed E-state index contributed by atoms with van der Waals surface area (Å²) >= 11 is 0. The summed E-state index contributed by atoms with van der Waals surface area (Å²) in [6.07, 6.45) is 1.49. The largest absolute Gasteiger partial charge is 0.464 e. The fourth-order valence-corrected chi connectivity index (χ4v) is 2.51. The predicted molar refractivity (Wildman–Crippen MR) is 102 cm³/mol. The smallest absolute Gasteiger partial charge is 0.311 e. The van der Waals surface area contributed by atoms with Crippen molar-refractivity contribution in [2.45, 2.75) is 13.7 Å². The van der Waals surface area contributed by atoms with Crippen LogP contribution in [-0.4, -0.2) is 25.5 Å². The van der Waals surface area contributed by atoms with Crippen molar-refractivity contribution < 1.29 is 19.4 Å².